The molecule has 5 heteroatoms. The zero-order valence-electron chi connectivity index (χ0n) is 16.4. The predicted octanol–water partition coefficient (Wildman–Crippen LogP) is 4.00. The Morgan fingerprint density at radius 1 is 1.17 bits per heavy atom. The normalized spacial score (nSPS) is 18.9. The first-order valence-corrected chi connectivity index (χ1v) is 10.2. The first-order valence-electron chi connectivity index (χ1n) is 10.2. The van der Waals surface area contributed by atoms with E-state index in [2.05, 4.69) is 28.5 Å². The Kier molecular flexibility index (Phi) is 5.67. The standard InChI is InChI=1S/C24H27N3O2/c25-24(29)17-10-11-23-21(14-17)18(15-27-23)5-1-2-9-22-20(8-4-12-26-22)16-6-3-7-19(28)13-16/h3-4,6-8,10-11,13-15,20,22,26-28H,1-2,5,9,12H2,(H2,25,29). The van der Waals surface area contributed by atoms with Gasteiger partial charge < -0.3 is 21.1 Å². The number of aromatic hydroxyl groups is 1. The predicted molar refractivity (Wildman–Crippen MR) is 116 cm³/mol. The van der Waals surface area contributed by atoms with Crippen molar-refractivity contribution in [2.45, 2.75) is 37.6 Å². The van der Waals surface area contributed by atoms with E-state index in [0.717, 1.165) is 48.7 Å². The number of benzene rings is 2. The third-order valence-electron chi connectivity index (χ3n) is 5.79. The fourth-order valence-electron chi connectivity index (χ4n) is 4.27. The average Bonchev–Trinajstić information content (AvgIpc) is 3.14. The van der Waals surface area contributed by atoms with Crippen molar-refractivity contribution >= 4 is 16.8 Å². The molecule has 0 radical (unpaired) electrons. The number of hydrogen-bond donors (Lipinski definition) is 4. The third kappa shape index (κ3) is 4.35. The van der Waals surface area contributed by atoms with E-state index in [1.165, 1.54) is 5.56 Å². The van der Waals surface area contributed by atoms with Crippen molar-refractivity contribution in [3.05, 3.63) is 77.5 Å². The minimum Gasteiger partial charge on any atom is -0.508 e. The molecular weight excluding hydrogens is 362 g/mol. The first-order chi connectivity index (χ1) is 14.1. The molecule has 1 amide bonds. The molecule has 0 spiro atoms. The fourth-order valence-corrected chi connectivity index (χ4v) is 4.27. The molecule has 2 heterocycles. The third-order valence-corrected chi connectivity index (χ3v) is 5.79. The van der Waals surface area contributed by atoms with E-state index >= 15 is 0 Å². The van der Waals surface area contributed by atoms with Gasteiger partial charge in [-0.25, -0.2) is 0 Å². The summed E-state index contributed by atoms with van der Waals surface area (Å²) < 4.78 is 0. The summed E-state index contributed by atoms with van der Waals surface area (Å²) in [5.41, 5.74) is 9.38. The molecule has 0 saturated heterocycles. The van der Waals surface area contributed by atoms with Crippen molar-refractivity contribution < 1.29 is 9.90 Å². The quantitative estimate of drug-likeness (QED) is 0.364. The molecule has 1 aliphatic rings. The van der Waals surface area contributed by atoms with E-state index in [-0.39, 0.29) is 5.92 Å². The van der Waals surface area contributed by atoms with E-state index in [9.17, 15) is 9.90 Å². The highest BCUT2D eigenvalue weighted by molar-refractivity contribution is 5.97. The number of rotatable bonds is 7. The number of nitrogens with two attached hydrogens (primary N) is 1. The molecule has 29 heavy (non-hydrogen) atoms. The smallest absolute Gasteiger partial charge is 0.248 e. The van der Waals surface area contributed by atoms with Crippen LogP contribution in [0.1, 0.15) is 46.7 Å². The molecule has 2 atom stereocenters. The van der Waals surface area contributed by atoms with Crippen LogP contribution >= 0.6 is 0 Å². The Morgan fingerprint density at radius 2 is 2.07 bits per heavy atom. The molecular formula is C24H27N3O2. The lowest BCUT2D eigenvalue weighted by Gasteiger charge is -2.29. The summed E-state index contributed by atoms with van der Waals surface area (Å²) in [5, 5.41) is 14.5. The molecule has 3 aromatic rings. The van der Waals surface area contributed by atoms with Crippen LogP contribution in [0.2, 0.25) is 0 Å². The molecule has 1 aliphatic heterocycles. The first kappa shape index (κ1) is 19.3. The molecule has 0 aliphatic carbocycles. The monoisotopic (exact) mass is 389 g/mol. The van der Waals surface area contributed by atoms with E-state index in [4.69, 9.17) is 5.73 Å². The zero-order valence-corrected chi connectivity index (χ0v) is 16.4. The second-order valence-corrected chi connectivity index (χ2v) is 7.75. The number of hydrogen-bond acceptors (Lipinski definition) is 3. The maximum absolute atomic E-state index is 11.5. The van der Waals surface area contributed by atoms with Gasteiger partial charge in [0, 0.05) is 41.2 Å². The number of carbonyl (C=O) groups is 1. The minimum absolute atomic E-state index is 0.280. The number of carbonyl (C=O) groups excluding carboxylic acids is 1. The number of aromatic amines is 1. The van der Waals surface area contributed by atoms with Crippen LogP contribution in [0.25, 0.3) is 10.9 Å². The molecule has 2 unspecified atom stereocenters. The number of phenolic OH excluding ortho intramolecular Hbond substituents is 1. The van der Waals surface area contributed by atoms with Crippen LogP contribution in [-0.2, 0) is 6.42 Å². The van der Waals surface area contributed by atoms with Crippen LogP contribution in [0.5, 0.6) is 5.75 Å². The summed E-state index contributed by atoms with van der Waals surface area (Å²) >= 11 is 0. The maximum Gasteiger partial charge on any atom is 0.248 e. The number of unbranched alkanes of at least 4 members (excludes halogenated alkanes) is 1. The van der Waals surface area contributed by atoms with Gasteiger partial charge >= 0.3 is 0 Å². The van der Waals surface area contributed by atoms with Gasteiger partial charge in [-0.15, -0.1) is 0 Å². The molecule has 4 rings (SSSR count). The van der Waals surface area contributed by atoms with Gasteiger partial charge in [0.1, 0.15) is 5.75 Å². The topological polar surface area (TPSA) is 91.1 Å². The van der Waals surface area contributed by atoms with E-state index in [1.807, 2.05) is 30.5 Å². The molecule has 0 bridgehead atoms. The summed E-state index contributed by atoms with van der Waals surface area (Å²) in [6.45, 7) is 0.887. The fraction of sp³-hybridized carbons (Fsp3) is 0.292. The van der Waals surface area contributed by atoms with Crippen LogP contribution in [0, 0.1) is 0 Å². The summed E-state index contributed by atoms with van der Waals surface area (Å²) in [6.07, 6.45) is 10.6. The van der Waals surface area contributed by atoms with Gasteiger partial charge in [-0.1, -0.05) is 30.7 Å². The number of phenols is 1. The number of fused-ring (bicyclic) bond motifs is 1. The number of nitrogens with one attached hydrogen (secondary N) is 2. The van der Waals surface area contributed by atoms with Gasteiger partial charge in [0.2, 0.25) is 5.91 Å². The Balaban J connectivity index is 1.37. The summed E-state index contributed by atoms with van der Waals surface area (Å²) in [6, 6.07) is 13.5. The Hall–Kier alpha value is -3.05. The lowest BCUT2D eigenvalue weighted by atomic mass is 9.86. The highest BCUT2D eigenvalue weighted by atomic mass is 16.3. The van der Waals surface area contributed by atoms with Gasteiger partial charge in [0.05, 0.1) is 0 Å². The van der Waals surface area contributed by atoms with Gasteiger partial charge in [0.15, 0.2) is 0 Å². The zero-order chi connectivity index (χ0) is 20.2. The number of aromatic nitrogens is 1. The van der Waals surface area contributed by atoms with Gasteiger partial charge in [-0.3, -0.25) is 4.79 Å². The van der Waals surface area contributed by atoms with Crippen molar-refractivity contribution in [3.63, 3.8) is 0 Å². The summed E-state index contributed by atoms with van der Waals surface area (Å²) in [4.78, 5) is 14.7. The Bertz CT molecular complexity index is 1040. The van der Waals surface area contributed by atoms with Gasteiger partial charge in [0.25, 0.3) is 0 Å². The Morgan fingerprint density at radius 3 is 2.90 bits per heavy atom. The van der Waals surface area contributed by atoms with Crippen LogP contribution < -0.4 is 11.1 Å². The second-order valence-electron chi connectivity index (χ2n) is 7.75. The van der Waals surface area contributed by atoms with Crippen molar-refractivity contribution in [2.75, 3.05) is 6.54 Å². The molecule has 2 aromatic carbocycles. The number of aryl methyl sites for hydroxylation is 1. The average molecular weight is 389 g/mol. The highest BCUT2D eigenvalue weighted by Gasteiger charge is 2.22. The van der Waals surface area contributed by atoms with Crippen LogP contribution in [0.4, 0.5) is 0 Å². The largest absolute Gasteiger partial charge is 0.508 e. The van der Waals surface area contributed by atoms with Crippen LogP contribution in [-0.4, -0.2) is 28.6 Å². The van der Waals surface area contributed by atoms with Crippen molar-refractivity contribution in [1.29, 1.82) is 0 Å². The van der Waals surface area contributed by atoms with E-state index < -0.39 is 5.91 Å². The van der Waals surface area contributed by atoms with Crippen molar-refractivity contribution in [2.24, 2.45) is 5.73 Å². The molecule has 1 aromatic heterocycles. The second kappa shape index (κ2) is 8.53. The van der Waals surface area contributed by atoms with E-state index in [0.29, 0.717) is 17.4 Å². The number of primary amides is 1. The number of amides is 1. The van der Waals surface area contributed by atoms with Gasteiger partial charge in [-0.05, 0) is 60.7 Å². The Labute approximate surface area is 170 Å². The molecule has 0 saturated carbocycles. The highest BCUT2D eigenvalue weighted by Crippen LogP contribution is 2.29. The lowest BCUT2D eigenvalue weighted by molar-refractivity contribution is 0.100. The summed E-state index contributed by atoms with van der Waals surface area (Å²) in [5.74, 6) is 0.199. The molecule has 150 valence electrons. The van der Waals surface area contributed by atoms with Crippen LogP contribution in [0.15, 0.2) is 60.8 Å². The van der Waals surface area contributed by atoms with Crippen molar-refractivity contribution in [1.82, 2.24) is 10.3 Å². The lowest BCUT2D eigenvalue weighted by Crippen LogP contribution is -2.37. The molecule has 5 N–H and O–H groups in total. The SMILES string of the molecule is NC(=O)c1ccc2[nH]cc(CCCCC3NCC=CC3c3cccc(O)c3)c2c1. The molecule has 0 fully saturated rings. The summed E-state index contributed by atoms with van der Waals surface area (Å²) in [7, 11) is 0. The van der Waals surface area contributed by atoms with Crippen LogP contribution in [0.3, 0.4) is 0 Å². The minimum atomic E-state index is -0.395. The number of H-pyrrole nitrogens is 1. The molecule has 5 nitrogen and oxygen atoms in total. The van der Waals surface area contributed by atoms with Gasteiger partial charge in [-0.2, -0.15) is 0 Å². The van der Waals surface area contributed by atoms with Crippen molar-refractivity contribution in [3.8, 4) is 5.75 Å². The van der Waals surface area contributed by atoms with E-state index in [1.54, 1.807) is 12.1 Å². The maximum atomic E-state index is 11.5.